The summed E-state index contributed by atoms with van der Waals surface area (Å²) in [5.41, 5.74) is 9.31. The van der Waals surface area contributed by atoms with Crippen molar-refractivity contribution in [3.8, 4) is 22.5 Å². The fourth-order valence-corrected chi connectivity index (χ4v) is 2.87. The number of aromatic nitrogens is 1. The van der Waals surface area contributed by atoms with Crippen molar-refractivity contribution in [1.82, 2.24) is 5.16 Å². The van der Waals surface area contributed by atoms with Gasteiger partial charge in [-0.1, -0.05) is 58.7 Å². The van der Waals surface area contributed by atoms with Crippen LogP contribution in [0.25, 0.3) is 22.5 Å². The van der Waals surface area contributed by atoms with Gasteiger partial charge in [-0.25, -0.2) is 0 Å². The van der Waals surface area contributed by atoms with Gasteiger partial charge in [0.2, 0.25) is 0 Å². The lowest BCUT2D eigenvalue weighted by Gasteiger charge is -2.08. The molecule has 106 valence electrons. The Morgan fingerprint density at radius 3 is 2.29 bits per heavy atom. The predicted molar refractivity (Wildman–Crippen MR) is 86.5 cm³/mol. The number of aryl methyl sites for hydroxylation is 1. The van der Waals surface area contributed by atoms with E-state index in [1.807, 2.05) is 31.2 Å². The molecule has 5 heteroatoms. The molecule has 0 radical (unpaired) electrons. The summed E-state index contributed by atoms with van der Waals surface area (Å²) in [7, 11) is 0. The first-order chi connectivity index (χ1) is 10.1. The Morgan fingerprint density at radius 2 is 1.62 bits per heavy atom. The van der Waals surface area contributed by atoms with Crippen LogP contribution >= 0.6 is 23.2 Å². The Kier molecular flexibility index (Phi) is 3.62. The van der Waals surface area contributed by atoms with Gasteiger partial charge in [-0.15, -0.1) is 0 Å². The number of nitrogen functional groups attached to an aromatic ring is 1. The standard InChI is InChI=1S/C16H12Cl2N2O/c1-9-5-2-3-6-10(9)13-15(21-20-16(13)19)14-11(17)7-4-8-12(14)18/h2-8H,1H3,(H2,19,20). The fraction of sp³-hybridized carbons (Fsp3) is 0.0625. The number of hydrogen-bond donors (Lipinski definition) is 1. The molecule has 3 nitrogen and oxygen atoms in total. The molecule has 0 amide bonds. The van der Waals surface area contributed by atoms with Gasteiger partial charge in [0.15, 0.2) is 11.6 Å². The highest BCUT2D eigenvalue weighted by Crippen LogP contribution is 2.43. The minimum absolute atomic E-state index is 0.315. The lowest BCUT2D eigenvalue weighted by molar-refractivity contribution is 0.436. The fourth-order valence-electron chi connectivity index (χ4n) is 2.30. The molecule has 0 unspecified atom stereocenters. The van der Waals surface area contributed by atoms with Crippen LogP contribution in [0.5, 0.6) is 0 Å². The van der Waals surface area contributed by atoms with Crippen molar-refractivity contribution in [2.75, 3.05) is 5.73 Å². The van der Waals surface area contributed by atoms with Crippen molar-refractivity contribution in [1.29, 1.82) is 0 Å². The first-order valence-corrected chi connectivity index (χ1v) is 7.10. The Hall–Kier alpha value is -1.97. The van der Waals surface area contributed by atoms with Crippen LogP contribution < -0.4 is 5.73 Å². The third-order valence-electron chi connectivity index (χ3n) is 3.32. The normalized spacial score (nSPS) is 10.8. The van der Waals surface area contributed by atoms with E-state index in [1.54, 1.807) is 18.2 Å². The predicted octanol–water partition coefficient (Wildman–Crippen LogP) is 5.21. The van der Waals surface area contributed by atoms with Crippen LogP contribution in [0.15, 0.2) is 47.0 Å². The molecular weight excluding hydrogens is 307 g/mol. The quantitative estimate of drug-likeness (QED) is 0.706. The summed E-state index contributed by atoms with van der Waals surface area (Å²) in [6.45, 7) is 2.00. The van der Waals surface area contributed by atoms with Crippen LogP contribution in [0.4, 0.5) is 5.82 Å². The second-order valence-electron chi connectivity index (χ2n) is 4.68. The van der Waals surface area contributed by atoms with E-state index >= 15 is 0 Å². The number of halogens is 2. The maximum Gasteiger partial charge on any atom is 0.179 e. The summed E-state index contributed by atoms with van der Waals surface area (Å²) in [6, 6.07) is 13.2. The van der Waals surface area contributed by atoms with E-state index in [0.717, 1.165) is 11.1 Å². The molecule has 2 N–H and O–H groups in total. The molecule has 0 spiro atoms. The maximum absolute atomic E-state index is 6.26. The lowest BCUT2D eigenvalue weighted by Crippen LogP contribution is -1.91. The summed E-state index contributed by atoms with van der Waals surface area (Å²) in [6.07, 6.45) is 0. The Morgan fingerprint density at radius 1 is 0.952 bits per heavy atom. The van der Waals surface area contributed by atoms with E-state index < -0.39 is 0 Å². The average molecular weight is 319 g/mol. The van der Waals surface area contributed by atoms with Gasteiger partial charge < -0.3 is 10.3 Å². The van der Waals surface area contributed by atoms with Crippen molar-refractivity contribution in [2.45, 2.75) is 6.92 Å². The molecule has 3 rings (SSSR count). The van der Waals surface area contributed by atoms with Gasteiger partial charge in [0.1, 0.15) is 0 Å². The summed E-state index contributed by atoms with van der Waals surface area (Å²) in [5.74, 6) is 0.799. The van der Waals surface area contributed by atoms with Crippen LogP contribution in [0, 0.1) is 6.92 Å². The zero-order valence-corrected chi connectivity index (χ0v) is 12.7. The smallest absolute Gasteiger partial charge is 0.179 e. The molecule has 0 aliphatic heterocycles. The molecule has 0 saturated carbocycles. The molecule has 3 aromatic rings. The van der Waals surface area contributed by atoms with Gasteiger partial charge in [0.25, 0.3) is 0 Å². The van der Waals surface area contributed by atoms with Crippen LogP contribution in [-0.2, 0) is 0 Å². The van der Waals surface area contributed by atoms with Crippen LogP contribution in [-0.4, -0.2) is 5.16 Å². The molecule has 0 aliphatic rings. The number of benzene rings is 2. The van der Waals surface area contributed by atoms with E-state index in [1.165, 1.54) is 0 Å². The zero-order valence-electron chi connectivity index (χ0n) is 11.2. The third-order valence-corrected chi connectivity index (χ3v) is 3.95. The van der Waals surface area contributed by atoms with E-state index in [0.29, 0.717) is 32.8 Å². The minimum Gasteiger partial charge on any atom is -0.380 e. The van der Waals surface area contributed by atoms with Crippen molar-refractivity contribution in [2.24, 2.45) is 0 Å². The number of hydrogen-bond acceptors (Lipinski definition) is 3. The molecule has 1 heterocycles. The summed E-state index contributed by atoms with van der Waals surface area (Å²) in [5, 5.41) is 4.87. The highest BCUT2D eigenvalue weighted by Gasteiger charge is 2.22. The Labute approximate surface area is 132 Å². The molecular formula is C16H12Cl2N2O. The summed E-state index contributed by atoms with van der Waals surface area (Å²) < 4.78 is 5.41. The summed E-state index contributed by atoms with van der Waals surface area (Å²) in [4.78, 5) is 0. The van der Waals surface area contributed by atoms with Crippen molar-refractivity contribution in [3.63, 3.8) is 0 Å². The molecule has 2 aromatic carbocycles. The van der Waals surface area contributed by atoms with Gasteiger partial charge in [-0.3, -0.25) is 0 Å². The lowest BCUT2D eigenvalue weighted by atomic mass is 9.98. The number of rotatable bonds is 2. The van der Waals surface area contributed by atoms with E-state index in [-0.39, 0.29) is 0 Å². The SMILES string of the molecule is Cc1ccccc1-c1c(N)noc1-c1c(Cl)cccc1Cl. The molecule has 1 aromatic heterocycles. The molecule has 0 atom stereocenters. The van der Waals surface area contributed by atoms with Crippen molar-refractivity contribution < 1.29 is 4.52 Å². The molecule has 21 heavy (non-hydrogen) atoms. The van der Waals surface area contributed by atoms with E-state index in [4.69, 9.17) is 33.5 Å². The van der Waals surface area contributed by atoms with Crippen molar-refractivity contribution >= 4 is 29.0 Å². The van der Waals surface area contributed by atoms with Gasteiger partial charge in [0, 0.05) is 0 Å². The molecule has 0 aliphatic carbocycles. The van der Waals surface area contributed by atoms with Gasteiger partial charge in [-0.05, 0) is 30.2 Å². The largest absolute Gasteiger partial charge is 0.380 e. The number of anilines is 1. The summed E-state index contributed by atoms with van der Waals surface area (Å²) >= 11 is 12.5. The Bertz CT molecular complexity index is 792. The second-order valence-corrected chi connectivity index (χ2v) is 5.50. The van der Waals surface area contributed by atoms with Crippen LogP contribution in [0.3, 0.4) is 0 Å². The number of nitrogens with two attached hydrogens (primary N) is 1. The van der Waals surface area contributed by atoms with E-state index in [2.05, 4.69) is 5.16 Å². The first kappa shape index (κ1) is 14.0. The highest BCUT2D eigenvalue weighted by molar-refractivity contribution is 6.39. The second kappa shape index (κ2) is 5.43. The van der Waals surface area contributed by atoms with Gasteiger partial charge >= 0.3 is 0 Å². The van der Waals surface area contributed by atoms with Crippen LogP contribution in [0.1, 0.15) is 5.56 Å². The number of nitrogens with zero attached hydrogens (tertiary/aromatic N) is 1. The topological polar surface area (TPSA) is 52.0 Å². The van der Waals surface area contributed by atoms with Gasteiger partial charge in [0.05, 0.1) is 21.2 Å². The highest BCUT2D eigenvalue weighted by atomic mass is 35.5. The third kappa shape index (κ3) is 2.39. The average Bonchev–Trinajstić information content (AvgIpc) is 2.81. The minimum atomic E-state index is 0.315. The molecule has 0 fully saturated rings. The molecule has 0 bridgehead atoms. The van der Waals surface area contributed by atoms with Gasteiger partial charge in [-0.2, -0.15) is 0 Å². The van der Waals surface area contributed by atoms with Crippen LogP contribution in [0.2, 0.25) is 10.0 Å². The van der Waals surface area contributed by atoms with Crippen molar-refractivity contribution in [3.05, 3.63) is 58.1 Å². The van der Waals surface area contributed by atoms with E-state index in [9.17, 15) is 0 Å². The monoisotopic (exact) mass is 318 g/mol. The maximum atomic E-state index is 6.26. The first-order valence-electron chi connectivity index (χ1n) is 6.35. The Balaban J connectivity index is 2.31. The zero-order chi connectivity index (χ0) is 15.0. The molecule has 0 saturated heterocycles.